The highest BCUT2D eigenvalue weighted by Gasteiger charge is 2.27. The molecule has 3 heteroatoms. The summed E-state index contributed by atoms with van der Waals surface area (Å²) in [6, 6.07) is 10.5. The molecule has 0 aliphatic rings. The molecule has 1 aromatic rings. The van der Waals surface area contributed by atoms with Crippen LogP contribution in [0.1, 0.15) is 19.8 Å². The molecule has 0 spiro atoms. The highest BCUT2D eigenvalue weighted by molar-refractivity contribution is 14.1. The van der Waals surface area contributed by atoms with Crippen LogP contribution in [0.3, 0.4) is 0 Å². The summed E-state index contributed by atoms with van der Waals surface area (Å²) in [5.74, 6) is 0.951. The fourth-order valence-corrected chi connectivity index (χ4v) is 4.13. The van der Waals surface area contributed by atoms with Crippen LogP contribution < -0.4 is 5.19 Å². The van der Waals surface area contributed by atoms with Crippen molar-refractivity contribution in [3.05, 3.63) is 64.5 Å². The molecule has 1 nitrogen and oxygen atoms in total. The van der Waals surface area contributed by atoms with Gasteiger partial charge in [-0.3, -0.25) is 0 Å². The zero-order chi connectivity index (χ0) is 15.0. The van der Waals surface area contributed by atoms with Gasteiger partial charge in [-0.1, -0.05) is 65.6 Å². The molecule has 0 fully saturated rings. The van der Waals surface area contributed by atoms with Gasteiger partial charge in [-0.2, -0.15) is 0 Å². The van der Waals surface area contributed by atoms with Crippen molar-refractivity contribution in [3.8, 4) is 0 Å². The van der Waals surface area contributed by atoms with Crippen LogP contribution in [0.2, 0.25) is 13.1 Å². The summed E-state index contributed by atoms with van der Waals surface area (Å²) in [6.07, 6.45) is 6.35. The molecule has 0 aliphatic carbocycles. The number of hydrogen-bond acceptors (Lipinski definition) is 1. The Morgan fingerprint density at radius 3 is 2.45 bits per heavy atom. The van der Waals surface area contributed by atoms with Crippen molar-refractivity contribution in [2.75, 3.05) is 0 Å². The largest absolute Gasteiger partial charge is 0.540 e. The van der Waals surface area contributed by atoms with Gasteiger partial charge in [-0.05, 0) is 53.8 Å². The van der Waals surface area contributed by atoms with Crippen molar-refractivity contribution in [2.24, 2.45) is 0 Å². The maximum absolute atomic E-state index is 6.34. The fourth-order valence-electron chi connectivity index (χ4n) is 1.85. The Bertz CT molecular complexity index is 489. The third-order valence-electron chi connectivity index (χ3n) is 3.01. The predicted octanol–water partition coefficient (Wildman–Crippen LogP) is 5.30. The van der Waals surface area contributed by atoms with Crippen LogP contribution >= 0.6 is 22.6 Å². The van der Waals surface area contributed by atoms with E-state index in [9.17, 15) is 0 Å². The lowest BCUT2D eigenvalue weighted by Gasteiger charge is -2.26. The van der Waals surface area contributed by atoms with Gasteiger partial charge in [0.15, 0.2) is 0 Å². The molecule has 108 valence electrons. The zero-order valence-electron chi connectivity index (χ0n) is 12.5. The second-order valence-electron chi connectivity index (χ2n) is 5.27. The van der Waals surface area contributed by atoms with Crippen molar-refractivity contribution in [1.82, 2.24) is 0 Å². The molecule has 20 heavy (non-hydrogen) atoms. The van der Waals surface area contributed by atoms with Gasteiger partial charge < -0.3 is 4.43 Å². The Balaban J connectivity index is 2.82. The average molecular weight is 398 g/mol. The zero-order valence-corrected chi connectivity index (χ0v) is 15.7. The molecule has 0 bridgehead atoms. The predicted molar refractivity (Wildman–Crippen MR) is 99.9 cm³/mol. The summed E-state index contributed by atoms with van der Waals surface area (Å²) < 4.78 is 8.39. The second kappa shape index (κ2) is 8.47. The average Bonchev–Trinajstić information content (AvgIpc) is 2.43. The lowest BCUT2D eigenvalue weighted by atomic mass is 10.2. The van der Waals surface area contributed by atoms with E-state index in [2.05, 4.69) is 82.8 Å². The molecule has 0 amide bonds. The first-order valence-electron chi connectivity index (χ1n) is 6.83. The third kappa shape index (κ3) is 5.67. The summed E-state index contributed by atoms with van der Waals surface area (Å²) in [5, 5.41) is 1.30. The van der Waals surface area contributed by atoms with Crippen molar-refractivity contribution < 1.29 is 4.43 Å². The van der Waals surface area contributed by atoms with Crippen molar-refractivity contribution in [1.29, 1.82) is 0 Å². The Hall–Kier alpha value is -0.813. The third-order valence-corrected chi connectivity index (χ3v) is 5.97. The van der Waals surface area contributed by atoms with E-state index in [1.165, 1.54) is 5.19 Å². The molecule has 0 unspecified atom stereocenters. The normalized spacial score (nSPS) is 12.7. The van der Waals surface area contributed by atoms with Crippen LogP contribution in [-0.2, 0) is 4.43 Å². The molecule has 0 aromatic heterocycles. The molecule has 0 heterocycles. The molecular weight excluding hydrogens is 375 g/mol. The van der Waals surface area contributed by atoms with Gasteiger partial charge in [-0.15, -0.1) is 0 Å². The van der Waals surface area contributed by atoms with Crippen molar-refractivity contribution in [2.45, 2.75) is 32.9 Å². The minimum Gasteiger partial charge on any atom is -0.540 e. The SMILES string of the molecule is C=C(C)/C(=C\CC/C=C/I)O[Si](C)(C)c1ccccc1. The number of rotatable bonds is 7. The van der Waals surface area contributed by atoms with E-state index in [0.717, 1.165) is 24.2 Å². The van der Waals surface area contributed by atoms with Crippen LogP contribution in [0, 0.1) is 0 Å². The standard InChI is InChI=1S/C17H23IOSi/c1-15(2)17(13-9-6-10-14-18)19-20(3,4)16-11-7-5-8-12-16/h5,7-8,10-14H,1,6,9H2,2-4H3/b14-10+,17-13+. The summed E-state index contributed by atoms with van der Waals surface area (Å²) in [5.41, 5.74) is 1.000. The first-order chi connectivity index (χ1) is 9.47. The molecular formula is C17H23IOSi. The first-order valence-corrected chi connectivity index (χ1v) is 11.0. The van der Waals surface area contributed by atoms with E-state index in [1.807, 2.05) is 13.0 Å². The monoisotopic (exact) mass is 398 g/mol. The molecule has 0 saturated carbocycles. The fraction of sp³-hybridized carbons (Fsp3) is 0.294. The molecule has 1 aromatic carbocycles. The lowest BCUT2D eigenvalue weighted by molar-refractivity contribution is 0.436. The van der Waals surface area contributed by atoms with Gasteiger partial charge in [0, 0.05) is 0 Å². The summed E-state index contributed by atoms with van der Waals surface area (Å²) in [4.78, 5) is 0. The van der Waals surface area contributed by atoms with Crippen LogP contribution in [0.5, 0.6) is 0 Å². The van der Waals surface area contributed by atoms with Crippen molar-refractivity contribution >= 4 is 36.1 Å². The molecule has 0 atom stereocenters. The topological polar surface area (TPSA) is 9.23 Å². The van der Waals surface area contributed by atoms with E-state index < -0.39 is 8.32 Å². The Kier molecular flexibility index (Phi) is 7.30. The highest BCUT2D eigenvalue weighted by Crippen LogP contribution is 2.18. The Morgan fingerprint density at radius 2 is 1.90 bits per heavy atom. The second-order valence-corrected chi connectivity index (χ2v) is 9.79. The van der Waals surface area contributed by atoms with E-state index in [4.69, 9.17) is 4.43 Å². The minimum absolute atomic E-state index is 0.951. The van der Waals surface area contributed by atoms with Crippen LogP contribution in [0.15, 0.2) is 64.5 Å². The minimum atomic E-state index is -1.92. The summed E-state index contributed by atoms with van der Waals surface area (Å²) >= 11 is 2.24. The van der Waals surface area contributed by atoms with Crippen LogP contribution in [-0.4, -0.2) is 8.32 Å². The van der Waals surface area contributed by atoms with Gasteiger partial charge in [0.1, 0.15) is 5.76 Å². The van der Waals surface area contributed by atoms with Gasteiger partial charge >= 0.3 is 0 Å². The van der Waals surface area contributed by atoms with Crippen LogP contribution in [0.4, 0.5) is 0 Å². The van der Waals surface area contributed by atoms with Gasteiger partial charge in [-0.25, -0.2) is 0 Å². The highest BCUT2D eigenvalue weighted by atomic mass is 127. The van der Waals surface area contributed by atoms with Gasteiger partial charge in [0.05, 0.1) is 0 Å². The van der Waals surface area contributed by atoms with E-state index >= 15 is 0 Å². The smallest absolute Gasteiger partial charge is 0.276 e. The summed E-state index contributed by atoms with van der Waals surface area (Å²) in [6.45, 7) is 10.5. The number of unbranched alkanes of at least 4 members (excludes halogenated alkanes) is 1. The molecule has 1 rings (SSSR count). The maximum atomic E-state index is 6.34. The van der Waals surface area contributed by atoms with Crippen LogP contribution in [0.25, 0.3) is 0 Å². The number of benzene rings is 1. The number of allylic oxidation sites excluding steroid dienone is 3. The summed E-state index contributed by atoms with van der Waals surface area (Å²) in [7, 11) is -1.92. The number of hydrogen-bond donors (Lipinski definition) is 0. The Morgan fingerprint density at radius 1 is 1.25 bits per heavy atom. The van der Waals surface area contributed by atoms with E-state index in [0.29, 0.717) is 0 Å². The quantitative estimate of drug-likeness (QED) is 0.199. The molecule has 0 saturated heterocycles. The lowest BCUT2D eigenvalue weighted by Crippen LogP contribution is -2.44. The number of halogens is 1. The van der Waals surface area contributed by atoms with E-state index in [-0.39, 0.29) is 0 Å². The Labute approximate surface area is 137 Å². The molecule has 0 radical (unpaired) electrons. The van der Waals surface area contributed by atoms with Crippen molar-refractivity contribution in [3.63, 3.8) is 0 Å². The van der Waals surface area contributed by atoms with E-state index in [1.54, 1.807) is 0 Å². The van der Waals surface area contributed by atoms with Gasteiger partial charge in [0.2, 0.25) is 0 Å². The van der Waals surface area contributed by atoms with Gasteiger partial charge in [0.25, 0.3) is 8.32 Å². The molecule has 0 N–H and O–H groups in total. The molecule has 0 aliphatic heterocycles. The maximum Gasteiger partial charge on any atom is 0.276 e. The first kappa shape index (κ1) is 17.2.